The minimum Gasteiger partial charge on any atom is -0.352 e. The van der Waals surface area contributed by atoms with Crippen LogP contribution in [-0.4, -0.2) is 38.0 Å². The van der Waals surface area contributed by atoms with Crippen molar-refractivity contribution < 1.29 is 13.2 Å². The molecule has 1 saturated heterocycles. The van der Waals surface area contributed by atoms with E-state index >= 15 is 0 Å². The third-order valence-corrected chi connectivity index (χ3v) is 7.10. The molecule has 2 fully saturated rings. The van der Waals surface area contributed by atoms with Crippen molar-refractivity contribution in [3.8, 4) is 0 Å². The molecule has 0 radical (unpaired) electrons. The zero-order valence-corrected chi connectivity index (χ0v) is 16.1. The van der Waals surface area contributed by atoms with Crippen LogP contribution in [0.2, 0.25) is 5.02 Å². The fourth-order valence-electron chi connectivity index (χ4n) is 4.21. The number of halogens is 1. The number of benzene rings is 1. The minimum atomic E-state index is -3.28. The molecule has 25 heavy (non-hydrogen) atoms. The van der Waals surface area contributed by atoms with Crippen LogP contribution in [0.15, 0.2) is 24.3 Å². The zero-order chi connectivity index (χ0) is 18.1. The summed E-state index contributed by atoms with van der Waals surface area (Å²) in [7, 11) is -3.28. The normalized spacial score (nSPS) is 23.7. The molecule has 5 nitrogen and oxygen atoms in total. The Morgan fingerprint density at radius 3 is 2.48 bits per heavy atom. The maximum absolute atomic E-state index is 12.9. The summed E-state index contributed by atoms with van der Waals surface area (Å²) in [4.78, 5) is 12.9. The molecule has 1 aliphatic carbocycles. The Labute approximate surface area is 154 Å². The largest absolute Gasteiger partial charge is 0.352 e. The molecule has 1 spiro atoms. The number of nitrogens with one attached hydrogen (secondary N) is 1. The molecule has 1 aliphatic heterocycles. The van der Waals surface area contributed by atoms with Gasteiger partial charge in [-0.05, 0) is 36.0 Å². The molecule has 1 saturated carbocycles. The molecule has 1 atom stereocenters. The van der Waals surface area contributed by atoms with Crippen LogP contribution < -0.4 is 5.32 Å². The van der Waals surface area contributed by atoms with Crippen molar-refractivity contribution in [1.29, 1.82) is 0 Å². The van der Waals surface area contributed by atoms with Crippen molar-refractivity contribution in [3.63, 3.8) is 0 Å². The van der Waals surface area contributed by atoms with Crippen LogP contribution in [0.3, 0.4) is 0 Å². The highest BCUT2D eigenvalue weighted by atomic mass is 35.5. The number of carbonyl (C=O) groups is 1. The first-order valence-corrected chi connectivity index (χ1v) is 11.0. The quantitative estimate of drug-likeness (QED) is 0.867. The average Bonchev–Trinajstić information content (AvgIpc) is 2.94. The van der Waals surface area contributed by atoms with Crippen LogP contribution in [-0.2, 0) is 21.4 Å². The monoisotopic (exact) mass is 384 g/mol. The summed E-state index contributed by atoms with van der Waals surface area (Å²) in [5.41, 5.74) is 0.777. The van der Waals surface area contributed by atoms with Gasteiger partial charge in [-0.1, -0.05) is 43.0 Å². The summed E-state index contributed by atoms with van der Waals surface area (Å²) in [5, 5.41) is 3.66. The van der Waals surface area contributed by atoms with Crippen molar-refractivity contribution in [3.05, 3.63) is 34.9 Å². The van der Waals surface area contributed by atoms with Gasteiger partial charge in [0, 0.05) is 24.7 Å². The van der Waals surface area contributed by atoms with E-state index in [0.29, 0.717) is 24.7 Å². The van der Waals surface area contributed by atoms with E-state index in [2.05, 4.69) is 5.32 Å². The maximum atomic E-state index is 12.9. The van der Waals surface area contributed by atoms with Gasteiger partial charge in [0.2, 0.25) is 15.9 Å². The van der Waals surface area contributed by atoms with Gasteiger partial charge < -0.3 is 5.32 Å². The highest BCUT2D eigenvalue weighted by molar-refractivity contribution is 7.88. The second-order valence-corrected chi connectivity index (χ2v) is 9.79. The molecular formula is C18H25ClN2O3S. The van der Waals surface area contributed by atoms with E-state index in [1.54, 1.807) is 12.1 Å². The lowest BCUT2D eigenvalue weighted by molar-refractivity contribution is -0.128. The van der Waals surface area contributed by atoms with E-state index in [1.807, 2.05) is 12.1 Å². The summed E-state index contributed by atoms with van der Waals surface area (Å²) in [6, 6.07) is 7.37. The molecule has 1 aromatic rings. The Morgan fingerprint density at radius 1 is 1.24 bits per heavy atom. The molecule has 1 heterocycles. The van der Waals surface area contributed by atoms with Gasteiger partial charge in [-0.25, -0.2) is 12.7 Å². The van der Waals surface area contributed by atoms with Crippen molar-refractivity contribution in [2.45, 2.75) is 38.6 Å². The predicted octanol–water partition coefficient (Wildman–Crippen LogP) is 2.80. The van der Waals surface area contributed by atoms with Gasteiger partial charge in [0.1, 0.15) is 0 Å². The van der Waals surface area contributed by atoms with Gasteiger partial charge in [-0.2, -0.15) is 0 Å². The SMILES string of the molecule is CS(=O)(=O)N1CC(C(=O)NCc2ccc(Cl)cc2)C2(CCCCC2)C1. The first-order valence-electron chi connectivity index (χ1n) is 8.77. The Balaban J connectivity index is 1.72. The van der Waals surface area contributed by atoms with Gasteiger partial charge >= 0.3 is 0 Å². The molecule has 1 N–H and O–H groups in total. The van der Waals surface area contributed by atoms with Gasteiger partial charge in [0.25, 0.3) is 0 Å². The molecule has 1 amide bonds. The summed E-state index contributed by atoms with van der Waals surface area (Å²) in [6.45, 7) is 1.21. The number of sulfonamides is 1. The van der Waals surface area contributed by atoms with Crippen molar-refractivity contribution >= 4 is 27.5 Å². The van der Waals surface area contributed by atoms with Gasteiger partial charge in [0.05, 0.1) is 12.2 Å². The fourth-order valence-corrected chi connectivity index (χ4v) is 5.25. The first kappa shape index (κ1) is 18.7. The van der Waals surface area contributed by atoms with Gasteiger partial charge in [-0.3, -0.25) is 4.79 Å². The number of amides is 1. The van der Waals surface area contributed by atoms with Gasteiger partial charge in [-0.15, -0.1) is 0 Å². The second-order valence-electron chi connectivity index (χ2n) is 7.38. The van der Waals surface area contributed by atoms with Crippen molar-refractivity contribution in [2.75, 3.05) is 19.3 Å². The highest BCUT2D eigenvalue weighted by Gasteiger charge is 2.52. The molecule has 138 valence electrons. The summed E-state index contributed by atoms with van der Waals surface area (Å²) < 4.78 is 25.5. The molecule has 7 heteroatoms. The standard InChI is InChI=1S/C18H25ClN2O3S/c1-25(23,24)21-12-16(18(13-21)9-3-2-4-10-18)17(22)20-11-14-5-7-15(19)8-6-14/h5-8,16H,2-4,9-13H2,1H3,(H,20,22). The van der Waals surface area contributed by atoms with Crippen LogP contribution in [0.25, 0.3) is 0 Å². The smallest absolute Gasteiger partial charge is 0.225 e. The fraction of sp³-hybridized carbons (Fsp3) is 0.611. The first-order chi connectivity index (χ1) is 11.8. The number of rotatable bonds is 4. The van der Waals surface area contributed by atoms with Crippen LogP contribution in [0, 0.1) is 11.3 Å². The number of nitrogens with zero attached hydrogens (tertiary/aromatic N) is 1. The molecule has 3 rings (SSSR count). The summed E-state index contributed by atoms with van der Waals surface area (Å²) in [5.74, 6) is -0.308. The van der Waals surface area contributed by atoms with Crippen LogP contribution in [0.1, 0.15) is 37.7 Å². The van der Waals surface area contributed by atoms with E-state index in [4.69, 9.17) is 11.6 Å². The molecule has 2 aliphatic rings. The van der Waals surface area contributed by atoms with Crippen molar-refractivity contribution in [2.24, 2.45) is 11.3 Å². The Bertz CT molecular complexity index is 727. The molecular weight excluding hydrogens is 360 g/mol. The predicted molar refractivity (Wildman–Crippen MR) is 98.7 cm³/mol. The third kappa shape index (κ3) is 4.18. The average molecular weight is 385 g/mol. The van der Waals surface area contributed by atoms with Crippen molar-refractivity contribution in [1.82, 2.24) is 9.62 Å². The summed E-state index contributed by atoms with van der Waals surface area (Å²) >= 11 is 5.88. The lowest BCUT2D eigenvalue weighted by Crippen LogP contribution is -2.42. The second kappa shape index (κ2) is 7.25. The Kier molecular flexibility index (Phi) is 5.42. The number of hydrogen-bond acceptors (Lipinski definition) is 3. The van der Waals surface area contributed by atoms with E-state index in [-0.39, 0.29) is 17.2 Å². The maximum Gasteiger partial charge on any atom is 0.225 e. The molecule has 0 aromatic heterocycles. The molecule has 1 aromatic carbocycles. The number of carbonyl (C=O) groups excluding carboxylic acids is 1. The van der Waals surface area contributed by atoms with Crippen LogP contribution >= 0.6 is 11.6 Å². The topological polar surface area (TPSA) is 66.5 Å². The van der Waals surface area contributed by atoms with Crippen LogP contribution in [0.5, 0.6) is 0 Å². The van der Waals surface area contributed by atoms with Gasteiger partial charge in [0.15, 0.2) is 0 Å². The Hall–Kier alpha value is -1.11. The number of hydrogen-bond donors (Lipinski definition) is 1. The lowest BCUT2D eigenvalue weighted by Gasteiger charge is -2.37. The van der Waals surface area contributed by atoms with E-state index in [1.165, 1.54) is 17.0 Å². The lowest BCUT2D eigenvalue weighted by atomic mass is 9.67. The zero-order valence-electron chi connectivity index (χ0n) is 14.5. The Morgan fingerprint density at radius 2 is 1.88 bits per heavy atom. The van der Waals surface area contributed by atoms with Crippen LogP contribution in [0.4, 0.5) is 0 Å². The highest BCUT2D eigenvalue weighted by Crippen LogP contribution is 2.48. The third-order valence-electron chi connectivity index (χ3n) is 5.63. The summed E-state index contributed by atoms with van der Waals surface area (Å²) in [6.07, 6.45) is 6.39. The van der Waals surface area contributed by atoms with E-state index < -0.39 is 10.0 Å². The van der Waals surface area contributed by atoms with E-state index in [0.717, 1.165) is 31.2 Å². The minimum absolute atomic E-state index is 0.0389. The van der Waals surface area contributed by atoms with E-state index in [9.17, 15) is 13.2 Å². The molecule has 0 bridgehead atoms. The molecule has 1 unspecified atom stereocenters.